The lowest BCUT2D eigenvalue weighted by Crippen LogP contribution is -2.51. The van der Waals surface area contributed by atoms with E-state index in [0.29, 0.717) is 6.61 Å². The van der Waals surface area contributed by atoms with Gasteiger partial charge >= 0.3 is 8.56 Å². The van der Waals surface area contributed by atoms with Crippen LogP contribution < -0.4 is 5.19 Å². The summed E-state index contributed by atoms with van der Waals surface area (Å²) in [6.07, 6.45) is 0.0621. The van der Waals surface area contributed by atoms with Gasteiger partial charge in [0.2, 0.25) is 5.91 Å². The average Bonchev–Trinajstić information content (AvgIpc) is 2.40. The molecule has 0 saturated heterocycles. The molecule has 1 atom stereocenters. The fraction of sp³-hybridized carbons (Fsp3) is 0.417. The van der Waals surface area contributed by atoms with Gasteiger partial charge in [0.25, 0.3) is 0 Å². The predicted molar refractivity (Wildman–Crippen MR) is 74.0 cm³/mol. The van der Waals surface area contributed by atoms with Gasteiger partial charge in [0.1, 0.15) is 0 Å². The van der Waals surface area contributed by atoms with Gasteiger partial charge in [-0.1, -0.05) is 30.3 Å². The highest BCUT2D eigenvalue weighted by Crippen LogP contribution is 2.09. The predicted octanol–water partition coefficient (Wildman–Crippen LogP) is 2.25. The zero-order chi connectivity index (χ0) is 14.1. The fourth-order valence-electron chi connectivity index (χ4n) is 1.66. The van der Waals surface area contributed by atoms with Crippen molar-refractivity contribution < 1.29 is 13.6 Å². The van der Waals surface area contributed by atoms with Gasteiger partial charge in [-0.15, -0.1) is 0 Å². The maximum absolute atomic E-state index is 11.1. The largest absolute Gasteiger partial charge is 0.391 e. The summed E-state index contributed by atoms with van der Waals surface area (Å²) in [7, 11) is -2.50. The second-order valence-corrected chi connectivity index (χ2v) is 6.97. The Hall–Kier alpha value is -1.66. The van der Waals surface area contributed by atoms with Crippen LogP contribution in [-0.2, 0) is 13.6 Å². The molecule has 0 spiro atoms. The molecule has 0 aromatic heterocycles. The van der Waals surface area contributed by atoms with Gasteiger partial charge < -0.3 is 8.85 Å². The van der Waals surface area contributed by atoms with E-state index in [1.54, 1.807) is 0 Å². The normalized spacial score (nSPS) is 13.4. The van der Waals surface area contributed by atoms with E-state index < -0.39 is 14.5 Å². The monoisotopic (exact) mass is 279 g/mol. The molecule has 1 aromatic carbocycles. The van der Waals surface area contributed by atoms with E-state index >= 15 is 0 Å². The SMILES string of the molecule is CCO[Si](C)(OCCC(=O)N=[N+]=[N-])c1ccccc1. The van der Waals surface area contributed by atoms with E-state index in [1.165, 1.54) is 0 Å². The number of hydrogen-bond acceptors (Lipinski definition) is 3. The van der Waals surface area contributed by atoms with Crippen LogP contribution in [0.5, 0.6) is 0 Å². The average molecular weight is 279 g/mol. The van der Waals surface area contributed by atoms with Crippen molar-refractivity contribution in [3.8, 4) is 0 Å². The van der Waals surface area contributed by atoms with Crippen molar-refractivity contribution in [2.24, 2.45) is 5.11 Å². The van der Waals surface area contributed by atoms with Crippen LogP contribution in [0.15, 0.2) is 35.4 Å². The van der Waals surface area contributed by atoms with E-state index in [9.17, 15) is 4.79 Å². The molecule has 0 heterocycles. The summed E-state index contributed by atoms with van der Waals surface area (Å²) in [5, 5.41) is 4.01. The highest BCUT2D eigenvalue weighted by Gasteiger charge is 2.33. The summed E-state index contributed by atoms with van der Waals surface area (Å²) in [5.41, 5.74) is 8.14. The van der Waals surface area contributed by atoms with Crippen molar-refractivity contribution >= 4 is 19.7 Å². The number of azide groups is 1. The summed E-state index contributed by atoms with van der Waals surface area (Å²) >= 11 is 0. The summed E-state index contributed by atoms with van der Waals surface area (Å²) < 4.78 is 11.5. The van der Waals surface area contributed by atoms with E-state index in [-0.39, 0.29) is 13.0 Å². The first-order valence-corrected chi connectivity index (χ1v) is 8.35. The minimum atomic E-state index is -2.50. The van der Waals surface area contributed by atoms with Crippen LogP contribution in [0.4, 0.5) is 0 Å². The minimum absolute atomic E-state index is 0.0621. The smallest absolute Gasteiger partial charge is 0.369 e. The number of carbonyl (C=O) groups excluding carboxylic acids is 1. The maximum Gasteiger partial charge on any atom is 0.369 e. The Morgan fingerprint density at radius 1 is 1.37 bits per heavy atom. The van der Waals surface area contributed by atoms with Gasteiger partial charge in [0.05, 0.1) is 0 Å². The lowest BCUT2D eigenvalue weighted by molar-refractivity contribution is -0.118. The molecule has 0 aliphatic rings. The molecule has 0 aliphatic heterocycles. The third kappa shape index (κ3) is 4.84. The number of amides is 1. The standard InChI is InChI=1S/C12H17N3O3Si/c1-3-17-19(2,11-7-5-4-6-8-11)18-10-9-12(16)14-15-13/h4-8H,3,9-10H2,1-2H3. The van der Waals surface area contributed by atoms with Crippen molar-refractivity contribution in [3.63, 3.8) is 0 Å². The molecular weight excluding hydrogens is 262 g/mol. The second kappa shape index (κ2) is 7.70. The van der Waals surface area contributed by atoms with Crippen molar-refractivity contribution in [1.29, 1.82) is 0 Å². The first-order chi connectivity index (χ1) is 9.12. The zero-order valence-electron chi connectivity index (χ0n) is 11.1. The van der Waals surface area contributed by atoms with Crippen LogP contribution in [-0.4, -0.2) is 27.7 Å². The first kappa shape index (κ1) is 15.4. The van der Waals surface area contributed by atoms with Crippen LogP contribution in [0.2, 0.25) is 6.55 Å². The third-order valence-electron chi connectivity index (χ3n) is 2.57. The Balaban J connectivity index is 2.67. The molecular formula is C12H17N3O3Si. The molecule has 1 amide bonds. The van der Waals surface area contributed by atoms with Crippen LogP contribution in [0.25, 0.3) is 10.4 Å². The highest BCUT2D eigenvalue weighted by molar-refractivity contribution is 6.79. The Kier molecular flexibility index (Phi) is 6.24. The number of nitrogens with zero attached hydrogens (tertiary/aromatic N) is 3. The van der Waals surface area contributed by atoms with Crippen LogP contribution in [0.3, 0.4) is 0 Å². The molecule has 19 heavy (non-hydrogen) atoms. The van der Waals surface area contributed by atoms with Gasteiger partial charge in [-0.25, -0.2) is 0 Å². The molecule has 1 unspecified atom stereocenters. The molecule has 0 saturated carbocycles. The molecule has 0 radical (unpaired) electrons. The molecule has 0 fully saturated rings. The van der Waals surface area contributed by atoms with Gasteiger partial charge in [-0.3, -0.25) is 4.79 Å². The molecule has 6 nitrogen and oxygen atoms in total. The molecule has 7 heteroatoms. The van der Waals surface area contributed by atoms with Crippen molar-refractivity contribution in [2.75, 3.05) is 13.2 Å². The van der Waals surface area contributed by atoms with Gasteiger partial charge in [0.15, 0.2) is 0 Å². The summed E-state index contributed by atoms with van der Waals surface area (Å²) in [5.74, 6) is -0.525. The van der Waals surface area contributed by atoms with E-state index in [2.05, 4.69) is 10.0 Å². The van der Waals surface area contributed by atoms with E-state index in [1.807, 2.05) is 43.8 Å². The molecule has 0 bridgehead atoms. The van der Waals surface area contributed by atoms with Crippen molar-refractivity contribution in [2.45, 2.75) is 19.9 Å². The fourth-order valence-corrected chi connectivity index (χ4v) is 3.91. The van der Waals surface area contributed by atoms with Gasteiger partial charge in [0, 0.05) is 24.5 Å². The Labute approximate surface area is 113 Å². The van der Waals surface area contributed by atoms with Crippen molar-refractivity contribution in [3.05, 3.63) is 40.8 Å². The second-order valence-electron chi connectivity index (χ2n) is 3.93. The van der Waals surface area contributed by atoms with E-state index in [4.69, 9.17) is 14.4 Å². The Bertz CT molecular complexity index is 463. The minimum Gasteiger partial charge on any atom is -0.391 e. The Morgan fingerprint density at radius 2 is 2.05 bits per heavy atom. The van der Waals surface area contributed by atoms with Gasteiger partial charge in [-0.2, -0.15) is 0 Å². The van der Waals surface area contributed by atoms with Crippen LogP contribution in [0.1, 0.15) is 13.3 Å². The summed E-state index contributed by atoms with van der Waals surface area (Å²) in [6, 6.07) is 9.69. The summed E-state index contributed by atoms with van der Waals surface area (Å²) in [6.45, 7) is 4.57. The van der Waals surface area contributed by atoms with Crippen LogP contribution in [0, 0.1) is 0 Å². The molecule has 0 N–H and O–H groups in total. The van der Waals surface area contributed by atoms with Crippen molar-refractivity contribution in [1.82, 2.24) is 0 Å². The topological polar surface area (TPSA) is 84.3 Å². The number of benzene rings is 1. The van der Waals surface area contributed by atoms with Gasteiger partial charge in [-0.05, 0) is 29.3 Å². The molecule has 1 rings (SSSR count). The number of rotatable bonds is 7. The Morgan fingerprint density at radius 3 is 2.63 bits per heavy atom. The molecule has 102 valence electrons. The third-order valence-corrected chi connectivity index (χ3v) is 5.54. The molecule has 0 aliphatic carbocycles. The van der Waals surface area contributed by atoms with E-state index in [0.717, 1.165) is 5.19 Å². The number of carbonyl (C=O) groups is 1. The molecule has 1 aromatic rings. The summed E-state index contributed by atoms with van der Waals surface area (Å²) in [4.78, 5) is 13.5. The quantitative estimate of drug-likeness (QED) is 0.332. The maximum atomic E-state index is 11.1. The first-order valence-electron chi connectivity index (χ1n) is 6.03. The highest BCUT2D eigenvalue weighted by atomic mass is 28.4. The van der Waals surface area contributed by atoms with Crippen LogP contribution >= 0.6 is 0 Å². The zero-order valence-corrected chi connectivity index (χ0v) is 12.1. The lowest BCUT2D eigenvalue weighted by atomic mass is 10.4. The lowest BCUT2D eigenvalue weighted by Gasteiger charge is -2.26. The number of hydrogen-bond donors (Lipinski definition) is 0.